The summed E-state index contributed by atoms with van der Waals surface area (Å²) in [5.74, 6) is -5.90. The van der Waals surface area contributed by atoms with E-state index >= 15 is 0 Å². The highest BCUT2D eigenvalue weighted by molar-refractivity contribution is 6.30. The number of hydrogen-bond donors (Lipinski definition) is 1. The molecule has 11 heteroatoms. The molecule has 0 spiro atoms. The fourth-order valence-corrected chi connectivity index (χ4v) is 4.25. The molecule has 4 nitrogen and oxygen atoms in total. The molecular weight excluding hydrogens is 512 g/mol. The Morgan fingerprint density at radius 1 is 1.03 bits per heavy atom. The van der Waals surface area contributed by atoms with Crippen molar-refractivity contribution in [3.63, 3.8) is 0 Å². The van der Waals surface area contributed by atoms with Gasteiger partial charge in [-0.3, -0.25) is 4.98 Å². The molecule has 0 bridgehead atoms. The quantitative estimate of drug-likeness (QED) is 0.266. The summed E-state index contributed by atoms with van der Waals surface area (Å²) in [6.07, 6.45) is -2.47. The maximum absolute atomic E-state index is 14.1. The van der Waals surface area contributed by atoms with Crippen molar-refractivity contribution < 1.29 is 41.0 Å². The molecule has 3 aromatic rings. The number of benzene rings is 2. The molecular formula is C25H16ClF6NO3. The molecule has 0 unspecified atom stereocenters. The van der Waals surface area contributed by atoms with Crippen molar-refractivity contribution in [2.24, 2.45) is 0 Å². The number of rotatable bonds is 6. The van der Waals surface area contributed by atoms with E-state index in [1.54, 1.807) is 6.07 Å². The predicted molar refractivity (Wildman–Crippen MR) is 119 cm³/mol. The minimum absolute atomic E-state index is 0.200. The van der Waals surface area contributed by atoms with E-state index in [0.717, 1.165) is 24.4 Å². The molecule has 0 atom stereocenters. The predicted octanol–water partition coefficient (Wildman–Crippen LogP) is 7.54. The van der Waals surface area contributed by atoms with Crippen LogP contribution in [0, 0.1) is 17.5 Å². The summed E-state index contributed by atoms with van der Waals surface area (Å²) >= 11 is 6.16. The van der Waals surface area contributed by atoms with E-state index < -0.39 is 47.5 Å². The maximum atomic E-state index is 14.1. The third kappa shape index (κ3) is 5.04. The van der Waals surface area contributed by atoms with Gasteiger partial charge in [0.2, 0.25) is 0 Å². The van der Waals surface area contributed by atoms with Gasteiger partial charge in [0.15, 0.2) is 23.1 Å². The molecule has 188 valence electrons. The Kier molecular flexibility index (Phi) is 6.99. The van der Waals surface area contributed by atoms with Crippen molar-refractivity contribution in [1.29, 1.82) is 0 Å². The number of ether oxygens (including phenoxy) is 1. The number of aromatic nitrogens is 1. The van der Waals surface area contributed by atoms with E-state index in [4.69, 9.17) is 16.3 Å². The molecule has 1 heterocycles. The lowest BCUT2D eigenvalue weighted by atomic mass is 9.96. The van der Waals surface area contributed by atoms with Crippen molar-refractivity contribution in [3.8, 4) is 5.75 Å². The topological polar surface area (TPSA) is 59.4 Å². The van der Waals surface area contributed by atoms with Crippen LogP contribution >= 0.6 is 11.6 Å². The first-order valence-electron chi connectivity index (χ1n) is 10.6. The Labute approximate surface area is 205 Å². The highest BCUT2D eigenvalue weighted by Crippen LogP contribution is 2.44. The first-order valence-corrected chi connectivity index (χ1v) is 10.9. The summed E-state index contributed by atoms with van der Waals surface area (Å²) < 4.78 is 86.2. The number of pyridine rings is 1. The smallest absolute Gasteiger partial charge is 0.434 e. The van der Waals surface area contributed by atoms with Crippen LogP contribution in [0.4, 0.5) is 26.3 Å². The second-order valence-electron chi connectivity index (χ2n) is 8.00. The molecule has 1 aromatic heterocycles. The van der Waals surface area contributed by atoms with E-state index in [1.807, 2.05) is 0 Å². The van der Waals surface area contributed by atoms with Gasteiger partial charge in [0.25, 0.3) is 0 Å². The van der Waals surface area contributed by atoms with Gasteiger partial charge < -0.3 is 9.84 Å². The number of hydrogen-bond acceptors (Lipinski definition) is 3. The van der Waals surface area contributed by atoms with Gasteiger partial charge in [-0.2, -0.15) is 13.2 Å². The van der Waals surface area contributed by atoms with Gasteiger partial charge in [-0.05, 0) is 72.4 Å². The summed E-state index contributed by atoms with van der Waals surface area (Å²) in [6.45, 7) is -0.439. The molecule has 1 N–H and O–H groups in total. The zero-order valence-corrected chi connectivity index (χ0v) is 19.0. The summed E-state index contributed by atoms with van der Waals surface area (Å²) in [5, 5.41) is 9.63. The van der Waals surface area contributed by atoms with E-state index in [1.165, 1.54) is 12.1 Å². The Balaban J connectivity index is 1.75. The van der Waals surface area contributed by atoms with Crippen LogP contribution < -0.4 is 4.74 Å². The average molecular weight is 528 g/mol. The van der Waals surface area contributed by atoms with Crippen LogP contribution in [-0.4, -0.2) is 16.1 Å². The number of aromatic carboxylic acids is 1. The van der Waals surface area contributed by atoms with Gasteiger partial charge in [0.05, 0.1) is 5.56 Å². The summed E-state index contributed by atoms with van der Waals surface area (Å²) in [4.78, 5) is 14.9. The lowest BCUT2D eigenvalue weighted by molar-refractivity contribution is -0.141. The van der Waals surface area contributed by atoms with E-state index in [9.17, 15) is 36.2 Å². The molecule has 0 saturated heterocycles. The summed E-state index contributed by atoms with van der Waals surface area (Å²) in [7, 11) is 0. The zero-order valence-electron chi connectivity index (χ0n) is 18.2. The third-order valence-corrected chi connectivity index (χ3v) is 5.95. The van der Waals surface area contributed by atoms with Crippen molar-refractivity contribution in [3.05, 3.63) is 93.0 Å². The van der Waals surface area contributed by atoms with Crippen LogP contribution in [0.2, 0.25) is 5.02 Å². The van der Waals surface area contributed by atoms with Gasteiger partial charge in [0, 0.05) is 22.3 Å². The maximum Gasteiger partial charge on any atom is 0.434 e. The number of carboxylic acid groups (broad SMARTS) is 1. The van der Waals surface area contributed by atoms with Crippen molar-refractivity contribution in [2.45, 2.75) is 32.0 Å². The molecule has 0 radical (unpaired) electrons. The monoisotopic (exact) mass is 527 g/mol. The molecule has 0 fully saturated rings. The average Bonchev–Trinajstić information content (AvgIpc) is 3.31. The van der Waals surface area contributed by atoms with Gasteiger partial charge in [-0.15, -0.1) is 0 Å². The van der Waals surface area contributed by atoms with Crippen LogP contribution in [0.3, 0.4) is 0 Å². The minimum Gasteiger partial charge on any atom is -0.488 e. The standard InChI is InChI=1S/C25H16ClF6NO3/c26-14-5-7-20(36-11-12-4-6-19(27)22(29)21(12)28)17(9-14)16-3-1-2-15(16)13-8-18(24(34)35)23(33-10-13)25(30,31)32/h4-10H,1-3,11H2,(H,34,35). The molecule has 2 aromatic carbocycles. The molecule has 0 saturated carbocycles. The number of alkyl halides is 3. The largest absolute Gasteiger partial charge is 0.488 e. The van der Waals surface area contributed by atoms with Crippen molar-refractivity contribution in [2.75, 3.05) is 0 Å². The second kappa shape index (κ2) is 9.85. The van der Waals surface area contributed by atoms with Crippen molar-refractivity contribution in [1.82, 2.24) is 4.98 Å². The molecule has 1 aliphatic rings. The summed E-state index contributed by atoms with van der Waals surface area (Å²) in [5.41, 5.74) is -0.857. The lowest BCUT2D eigenvalue weighted by Gasteiger charge is -2.16. The Bertz CT molecular complexity index is 1390. The molecule has 0 amide bonds. The van der Waals surface area contributed by atoms with E-state index in [-0.39, 0.29) is 16.9 Å². The fourth-order valence-electron chi connectivity index (χ4n) is 4.07. The Hall–Kier alpha value is -3.53. The lowest BCUT2D eigenvalue weighted by Crippen LogP contribution is -2.15. The van der Waals surface area contributed by atoms with Crippen LogP contribution in [0.15, 0.2) is 42.6 Å². The van der Waals surface area contributed by atoms with Crippen LogP contribution in [0.5, 0.6) is 5.75 Å². The first-order chi connectivity index (χ1) is 17.0. The fraction of sp³-hybridized carbons (Fsp3) is 0.200. The van der Waals surface area contributed by atoms with Gasteiger partial charge >= 0.3 is 12.1 Å². The molecule has 4 rings (SSSR count). The Morgan fingerprint density at radius 2 is 1.75 bits per heavy atom. The summed E-state index contributed by atoms with van der Waals surface area (Å²) in [6, 6.07) is 7.29. The van der Waals surface area contributed by atoms with E-state index in [0.29, 0.717) is 41.0 Å². The third-order valence-electron chi connectivity index (χ3n) is 5.72. The number of halogens is 7. The Morgan fingerprint density at radius 3 is 2.44 bits per heavy atom. The molecule has 1 aliphatic carbocycles. The first kappa shape index (κ1) is 25.6. The number of allylic oxidation sites excluding steroid dienone is 2. The zero-order chi connectivity index (χ0) is 26.2. The van der Waals surface area contributed by atoms with Gasteiger partial charge in [-0.1, -0.05) is 11.6 Å². The van der Waals surface area contributed by atoms with Gasteiger partial charge in [0.1, 0.15) is 12.4 Å². The van der Waals surface area contributed by atoms with Crippen molar-refractivity contribution >= 4 is 28.7 Å². The minimum atomic E-state index is -4.94. The van der Waals surface area contributed by atoms with E-state index in [2.05, 4.69) is 4.98 Å². The highest BCUT2D eigenvalue weighted by Gasteiger charge is 2.38. The van der Waals surface area contributed by atoms with Gasteiger partial charge in [-0.25, -0.2) is 18.0 Å². The number of carbonyl (C=O) groups is 1. The number of carboxylic acids is 1. The second-order valence-corrected chi connectivity index (χ2v) is 8.43. The number of nitrogens with zero attached hydrogens (tertiary/aromatic N) is 1. The normalized spacial score (nSPS) is 13.9. The SMILES string of the molecule is O=C(O)c1cc(C2=C(c3cc(Cl)ccc3OCc3ccc(F)c(F)c3F)CCC2)cnc1C(F)(F)F. The van der Waals surface area contributed by atoms with Crippen LogP contribution in [0.25, 0.3) is 11.1 Å². The molecule has 0 aliphatic heterocycles. The highest BCUT2D eigenvalue weighted by atomic mass is 35.5. The van der Waals surface area contributed by atoms with Crippen LogP contribution in [-0.2, 0) is 12.8 Å². The van der Waals surface area contributed by atoms with Crippen LogP contribution in [0.1, 0.15) is 52.0 Å². The molecule has 36 heavy (non-hydrogen) atoms.